The average Bonchev–Trinajstić information content (AvgIpc) is 3.05. The Balaban J connectivity index is 1.74. The van der Waals surface area contributed by atoms with Crippen LogP contribution in [-0.2, 0) is 10.2 Å². The molecule has 5 nitrogen and oxygen atoms in total. The van der Waals surface area contributed by atoms with Crippen molar-refractivity contribution in [2.24, 2.45) is 0 Å². The highest BCUT2D eigenvalue weighted by molar-refractivity contribution is 6.17. The molecule has 1 unspecified atom stereocenters. The van der Waals surface area contributed by atoms with Gasteiger partial charge in [-0.2, -0.15) is 0 Å². The van der Waals surface area contributed by atoms with Crippen molar-refractivity contribution in [1.29, 1.82) is 0 Å². The number of hydrogen-bond acceptors (Lipinski definition) is 4. The maximum absolute atomic E-state index is 12.3. The molecule has 0 spiro atoms. The van der Waals surface area contributed by atoms with Gasteiger partial charge < -0.3 is 19.7 Å². The van der Waals surface area contributed by atoms with Gasteiger partial charge in [-0.3, -0.25) is 4.79 Å². The van der Waals surface area contributed by atoms with Crippen LogP contribution in [0.3, 0.4) is 0 Å². The smallest absolute Gasteiger partial charge is 0.220 e. The molecular weight excluding hydrogens is 376 g/mol. The Hall–Kier alpha value is -1.46. The molecular formula is C22H33ClN2O3. The third-order valence-corrected chi connectivity index (χ3v) is 6.91. The predicted octanol–water partition coefficient (Wildman–Crippen LogP) is 3.72. The number of rotatable bonds is 8. The van der Waals surface area contributed by atoms with E-state index in [1.165, 1.54) is 5.56 Å². The SMILES string of the molecule is COc1ccc([C@@]23CCC(NC(=O)CCCCCl)C[C@@H]2N(C)CC3)cc1OC. The lowest BCUT2D eigenvalue weighted by Gasteiger charge is -2.45. The zero-order valence-corrected chi connectivity index (χ0v) is 18.1. The fourth-order valence-corrected chi connectivity index (χ4v) is 5.26. The minimum absolute atomic E-state index is 0.119. The van der Waals surface area contributed by atoms with Gasteiger partial charge in [0.25, 0.3) is 0 Å². The molecule has 3 atom stereocenters. The molecule has 1 aromatic rings. The molecule has 0 aromatic heterocycles. The first-order valence-corrected chi connectivity index (χ1v) is 10.9. The summed E-state index contributed by atoms with van der Waals surface area (Å²) in [5.41, 5.74) is 1.44. The van der Waals surface area contributed by atoms with E-state index in [4.69, 9.17) is 21.1 Å². The van der Waals surface area contributed by atoms with Crippen molar-refractivity contribution in [3.8, 4) is 11.5 Å². The van der Waals surface area contributed by atoms with Crippen LogP contribution in [0.2, 0.25) is 0 Å². The Labute approximate surface area is 173 Å². The largest absolute Gasteiger partial charge is 0.493 e. The van der Waals surface area contributed by atoms with Gasteiger partial charge in [0.15, 0.2) is 11.5 Å². The predicted molar refractivity (Wildman–Crippen MR) is 113 cm³/mol. The summed E-state index contributed by atoms with van der Waals surface area (Å²) in [6, 6.07) is 7.03. The van der Waals surface area contributed by atoms with Crippen LogP contribution in [0.25, 0.3) is 0 Å². The molecule has 1 amide bonds. The molecule has 28 heavy (non-hydrogen) atoms. The molecule has 1 saturated heterocycles. The topological polar surface area (TPSA) is 50.8 Å². The molecule has 1 heterocycles. The van der Waals surface area contributed by atoms with Crippen LogP contribution in [0.5, 0.6) is 11.5 Å². The van der Waals surface area contributed by atoms with Gasteiger partial charge in [-0.25, -0.2) is 0 Å². The Morgan fingerprint density at radius 1 is 1.25 bits per heavy atom. The number of likely N-dealkylation sites (tertiary alicyclic amines) is 1. The maximum atomic E-state index is 12.3. The van der Waals surface area contributed by atoms with Crippen LogP contribution in [0.15, 0.2) is 18.2 Å². The van der Waals surface area contributed by atoms with Gasteiger partial charge in [-0.1, -0.05) is 6.07 Å². The number of nitrogens with one attached hydrogen (secondary N) is 1. The highest BCUT2D eigenvalue weighted by atomic mass is 35.5. The third-order valence-electron chi connectivity index (χ3n) is 6.64. The molecule has 2 fully saturated rings. The van der Waals surface area contributed by atoms with E-state index in [1.54, 1.807) is 14.2 Å². The van der Waals surface area contributed by atoms with Gasteiger partial charge in [0.1, 0.15) is 0 Å². The summed E-state index contributed by atoms with van der Waals surface area (Å²) in [5, 5.41) is 3.27. The van der Waals surface area contributed by atoms with Crippen molar-refractivity contribution >= 4 is 17.5 Å². The number of carbonyl (C=O) groups excluding carboxylic acids is 1. The Bertz CT molecular complexity index is 684. The second kappa shape index (κ2) is 9.36. The zero-order chi connectivity index (χ0) is 20.1. The lowest BCUT2D eigenvalue weighted by molar-refractivity contribution is -0.122. The number of alkyl halides is 1. The summed E-state index contributed by atoms with van der Waals surface area (Å²) in [4.78, 5) is 14.7. The standard InChI is InChI=1S/C22H33ClN2O3/c1-25-13-11-22(16-7-8-18(27-2)19(14-16)28-3)10-9-17(15-20(22)25)24-21(26)6-4-5-12-23/h7-8,14,17,20H,4-6,9-13,15H2,1-3H3,(H,24,26)/t17?,20-,22-/m0/s1. The van der Waals surface area contributed by atoms with Crippen molar-refractivity contribution in [3.05, 3.63) is 23.8 Å². The number of carbonyl (C=O) groups is 1. The quantitative estimate of drug-likeness (QED) is 0.526. The molecule has 1 saturated carbocycles. The van der Waals surface area contributed by atoms with Crippen LogP contribution in [0.4, 0.5) is 0 Å². The summed E-state index contributed by atoms with van der Waals surface area (Å²) < 4.78 is 11.0. The molecule has 0 radical (unpaired) electrons. The lowest BCUT2D eigenvalue weighted by atomic mass is 9.65. The molecule has 1 aliphatic carbocycles. The molecule has 3 rings (SSSR count). The van der Waals surface area contributed by atoms with Crippen LogP contribution >= 0.6 is 11.6 Å². The third kappa shape index (κ3) is 4.25. The summed E-state index contributed by atoms with van der Waals surface area (Å²) in [6.45, 7) is 1.08. The molecule has 0 bridgehead atoms. The fraction of sp³-hybridized carbons (Fsp3) is 0.682. The summed E-state index contributed by atoms with van der Waals surface area (Å²) >= 11 is 5.71. The first-order chi connectivity index (χ1) is 13.5. The molecule has 156 valence electrons. The van der Waals surface area contributed by atoms with E-state index < -0.39 is 0 Å². The number of hydrogen-bond donors (Lipinski definition) is 1. The Kier molecular flexibility index (Phi) is 7.10. The van der Waals surface area contributed by atoms with Gasteiger partial charge in [0, 0.05) is 29.8 Å². The number of nitrogens with zero attached hydrogens (tertiary/aromatic N) is 1. The number of ether oxygens (including phenoxy) is 2. The number of methoxy groups -OCH3 is 2. The number of likely N-dealkylation sites (N-methyl/N-ethyl adjacent to an activating group) is 1. The lowest BCUT2D eigenvalue weighted by Crippen LogP contribution is -2.51. The second-order valence-corrected chi connectivity index (χ2v) is 8.54. The Morgan fingerprint density at radius 3 is 2.75 bits per heavy atom. The Morgan fingerprint density at radius 2 is 2.04 bits per heavy atom. The minimum Gasteiger partial charge on any atom is -0.493 e. The van der Waals surface area contributed by atoms with E-state index in [9.17, 15) is 4.79 Å². The average molecular weight is 409 g/mol. The zero-order valence-electron chi connectivity index (χ0n) is 17.3. The van der Waals surface area contributed by atoms with Gasteiger partial charge in [0.2, 0.25) is 5.91 Å². The highest BCUT2D eigenvalue weighted by Gasteiger charge is 2.50. The van der Waals surface area contributed by atoms with Crippen molar-refractivity contribution in [3.63, 3.8) is 0 Å². The number of unbranched alkanes of at least 4 members (excludes halogenated alkanes) is 1. The van der Waals surface area contributed by atoms with Gasteiger partial charge in [0.05, 0.1) is 14.2 Å². The molecule has 1 aliphatic heterocycles. The first-order valence-electron chi connectivity index (χ1n) is 10.3. The van der Waals surface area contributed by atoms with E-state index in [0.29, 0.717) is 18.3 Å². The van der Waals surface area contributed by atoms with Crippen LogP contribution in [-0.4, -0.2) is 56.6 Å². The number of amides is 1. The van der Waals surface area contributed by atoms with Crippen molar-refractivity contribution in [1.82, 2.24) is 10.2 Å². The minimum atomic E-state index is 0.119. The number of fused-ring (bicyclic) bond motifs is 1. The number of benzene rings is 1. The van der Waals surface area contributed by atoms with E-state index in [-0.39, 0.29) is 17.4 Å². The number of halogens is 1. The molecule has 1 N–H and O–H groups in total. The normalized spacial score (nSPS) is 27.3. The first kappa shape index (κ1) is 21.3. The van der Waals surface area contributed by atoms with E-state index >= 15 is 0 Å². The van der Waals surface area contributed by atoms with E-state index in [0.717, 1.165) is 56.6 Å². The second-order valence-electron chi connectivity index (χ2n) is 8.16. The molecule has 6 heteroatoms. The monoisotopic (exact) mass is 408 g/mol. The van der Waals surface area contributed by atoms with Crippen LogP contribution in [0.1, 0.15) is 50.5 Å². The summed E-state index contributed by atoms with van der Waals surface area (Å²) in [6.07, 6.45) is 6.55. The molecule has 1 aromatic carbocycles. The van der Waals surface area contributed by atoms with Crippen molar-refractivity contribution in [2.75, 3.05) is 33.7 Å². The fourth-order valence-electron chi connectivity index (χ4n) is 5.07. The maximum Gasteiger partial charge on any atom is 0.220 e. The van der Waals surface area contributed by atoms with Crippen molar-refractivity contribution in [2.45, 2.75) is 62.4 Å². The van der Waals surface area contributed by atoms with Crippen molar-refractivity contribution < 1.29 is 14.3 Å². The summed E-state index contributed by atoms with van der Waals surface area (Å²) in [5.74, 6) is 2.34. The van der Waals surface area contributed by atoms with Gasteiger partial charge >= 0.3 is 0 Å². The van der Waals surface area contributed by atoms with Gasteiger partial charge in [-0.05, 0) is 69.8 Å². The van der Waals surface area contributed by atoms with Crippen LogP contribution in [0, 0.1) is 0 Å². The summed E-state index contributed by atoms with van der Waals surface area (Å²) in [7, 11) is 5.56. The molecule has 2 aliphatic rings. The van der Waals surface area contributed by atoms with E-state index in [1.807, 2.05) is 6.07 Å². The highest BCUT2D eigenvalue weighted by Crippen LogP contribution is 2.49. The van der Waals surface area contributed by atoms with Crippen LogP contribution < -0.4 is 14.8 Å². The van der Waals surface area contributed by atoms with Gasteiger partial charge in [-0.15, -0.1) is 11.6 Å². The van der Waals surface area contributed by atoms with E-state index in [2.05, 4.69) is 29.4 Å².